The van der Waals surface area contributed by atoms with Crippen molar-refractivity contribution in [3.8, 4) is 0 Å². The Labute approximate surface area is 106 Å². The van der Waals surface area contributed by atoms with Crippen molar-refractivity contribution in [3.05, 3.63) is 0 Å². The molecule has 17 heavy (non-hydrogen) atoms. The number of piperazine rings is 1. The maximum atomic E-state index is 9.78. The maximum absolute atomic E-state index is 9.78. The maximum Gasteiger partial charge on any atom is 0.0900 e. The minimum atomic E-state index is -0.351. The minimum absolute atomic E-state index is 0.260. The number of hydrogen-bond acceptors (Lipinski definition) is 4. The van der Waals surface area contributed by atoms with E-state index in [9.17, 15) is 5.11 Å². The Morgan fingerprint density at radius 3 is 2.24 bits per heavy atom. The zero-order valence-corrected chi connectivity index (χ0v) is 11.8. The third kappa shape index (κ3) is 5.34. The second-order valence-corrected chi connectivity index (χ2v) is 5.77. The average molecular weight is 244 g/mol. The fourth-order valence-corrected chi connectivity index (χ4v) is 2.21. The van der Waals surface area contributed by atoms with E-state index in [4.69, 9.17) is 4.74 Å². The van der Waals surface area contributed by atoms with Crippen LogP contribution in [0.1, 0.15) is 27.7 Å². The number of aliphatic hydroxyl groups is 1. The highest BCUT2D eigenvalue weighted by atomic mass is 16.5. The molecule has 0 aliphatic carbocycles. The summed E-state index contributed by atoms with van der Waals surface area (Å²) in [7, 11) is 0. The van der Waals surface area contributed by atoms with Crippen molar-refractivity contribution in [2.24, 2.45) is 0 Å². The Kier molecular flexibility index (Phi) is 5.86. The van der Waals surface area contributed by atoms with Crippen LogP contribution in [0.15, 0.2) is 0 Å². The third-order valence-corrected chi connectivity index (χ3v) is 3.30. The summed E-state index contributed by atoms with van der Waals surface area (Å²) < 4.78 is 5.23. The van der Waals surface area contributed by atoms with E-state index in [1.165, 1.54) is 0 Å². The van der Waals surface area contributed by atoms with E-state index in [0.29, 0.717) is 13.2 Å². The molecule has 0 saturated carbocycles. The van der Waals surface area contributed by atoms with Crippen molar-refractivity contribution >= 4 is 0 Å². The quantitative estimate of drug-likeness (QED) is 0.776. The summed E-state index contributed by atoms with van der Waals surface area (Å²) in [4.78, 5) is 4.82. The number of hydrogen-bond donors (Lipinski definition) is 1. The highest BCUT2D eigenvalue weighted by Gasteiger charge is 2.26. The summed E-state index contributed by atoms with van der Waals surface area (Å²) in [5.74, 6) is 0. The molecule has 1 heterocycles. The molecule has 0 bridgehead atoms. The first-order valence-corrected chi connectivity index (χ1v) is 6.66. The minimum Gasteiger partial charge on any atom is -0.389 e. The smallest absolute Gasteiger partial charge is 0.0900 e. The molecule has 1 rings (SSSR count). The highest BCUT2D eigenvalue weighted by Crippen LogP contribution is 2.15. The molecule has 4 heteroatoms. The fourth-order valence-electron chi connectivity index (χ4n) is 2.21. The van der Waals surface area contributed by atoms with Crippen LogP contribution in [0.2, 0.25) is 0 Å². The van der Waals surface area contributed by atoms with Crippen LogP contribution in [0.4, 0.5) is 0 Å². The molecule has 4 nitrogen and oxygen atoms in total. The largest absolute Gasteiger partial charge is 0.389 e. The molecule has 0 aromatic carbocycles. The summed E-state index contributed by atoms with van der Waals surface area (Å²) in [5, 5.41) is 9.78. The Bertz CT molecular complexity index is 208. The van der Waals surface area contributed by atoms with Gasteiger partial charge in [0.25, 0.3) is 0 Å². The van der Waals surface area contributed by atoms with Gasteiger partial charge in [0.05, 0.1) is 12.7 Å². The van der Waals surface area contributed by atoms with Gasteiger partial charge < -0.3 is 9.84 Å². The van der Waals surface area contributed by atoms with Crippen molar-refractivity contribution in [2.75, 3.05) is 45.9 Å². The second kappa shape index (κ2) is 6.69. The van der Waals surface area contributed by atoms with Crippen LogP contribution in [0, 0.1) is 0 Å². The molecule has 102 valence electrons. The normalized spacial score (nSPS) is 21.7. The molecule has 1 unspecified atom stereocenters. The summed E-state index contributed by atoms with van der Waals surface area (Å²) in [6.07, 6.45) is -0.351. The van der Waals surface area contributed by atoms with Gasteiger partial charge in [-0.3, -0.25) is 9.80 Å². The van der Waals surface area contributed by atoms with E-state index in [2.05, 4.69) is 30.6 Å². The van der Waals surface area contributed by atoms with Gasteiger partial charge in [-0.1, -0.05) is 0 Å². The summed E-state index contributed by atoms with van der Waals surface area (Å²) in [5.41, 5.74) is 0.260. The molecule has 1 aliphatic rings. The molecule has 0 aromatic heterocycles. The lowest BCUT2D eigenvalue weighted by molar-refractivity contribution is 0.000315. The molecule has 0 spiro atoms. The van der Waals surface area contributed by atoms with Gasteiger partial charge in [-0.2, -0.15) is 0 Å². The summed E-state index contributed by atoms with van der Waals surface area (Å²) in [6, 6.07) is 0. The van der Waals surface area contributed by atoms with Gasteiger partial charge in [0.2, 0.25) is 0 Å². The average Bonchev–Trinajstić information content (AvgIpc) is 2.26. The monoisotopic (exact) mass is 244 g/mol. The van der Waals surface area contributed by atoms with Gasteiger partial charge >= 0.3 is 0 Å². The van der Waals surface area contributed by atoms with Crippen molar-refractivity contribution < 1.29 is 9.84 Å². The van der Waals surface area contributed by atoms with Gasteiger partial charge in [-0.25, -0.2) is 0 Å². The zero-order valence-electron chi connectivity index (χ0n) is 11.8. The molecule has 0 radical (unpaired) electrons. The van der Waals surface area contributed by atoms with Crippen LogP contribution in [0.5, 0.6) is 0 Å². The third-order valence-electron chi connectivity index (χ3n) is 3.30. The van der Waals surface area contributed by atoms with E-state index in [1.807, 2.05) is 6.92 Å². The van der Waals surface area contributed by atoms with E-state index >= 15 is 0 Å². The zero-order chi connectivity index (χ0) is 12.9. The lowest BCUT2D eigenvalue weighted by Gasteiger charge is -2.42. The summed E-state index contributed by atoms with van der Waals surface area (Å²) in [6.45, 7) is 14.8. The van der Waals surface area contributed by atoms with E-state index in [0.717, 1.165) is 32.7 Å². The van der Waals surface area contributed by atoms with Crippen LogP contribution in [0.25, 0.3) is 0 Å². The Hall–Kier alpha value is -0.160. The van der Waals surface area contributed by atoms with Gasteiger partial charge in [0, 0.05) is 44.9 Å². The molecule has 1 N–H and O–H groups in total. The van der Waals surface area contributed by atoms with Crippen molar-refractivity contribution in [2.45, 2.75) is 39.3 Å². The van der Waals surface area contributed by atoms with Crippen LogP contribution in [-0.2, 0) is 4.74 Å². The lowest BCUT2D eigenvalue weighted by Crippen LogP contribution is -2.54. The molecule has 1 aliphatic heterocycles. The first-order valence-electron chi connectivity index (χ1n) is 6.66. The van der Waals surface area contributed by atoms with Crippen molar-refractivity contribution in [1.29, 1.82) is 0 Å². The number of aliphatic hydroxyl groups excluding tert-OH is 1. The first kappa shape index (κ1) is 14.9. The lowest BCUT2D eigenvalue weighted by atomic mass is 10.0. The topological polar surface area (TPSA) is 35.9 Å². The van der Waals surface area contributed by atoms with Crippen molar-refractivity contribution in [3.63, 3.8) is 0 Å². The van der Waals surface area contributed by atoms with Crippen LogP contribution < -0.4 is 0 Å². The molecule has 0 aromatic rings. The Morgan fingerprint density at radius 1 is 1.18 bits per heavy atom. The predicted octanol–water partition coefficient (Wildman–Crippen LogP) is 0.800. The number of rotatable bonds is 5. The second-order valence-electron chi connectivity index (χ2n) is 5.77. The molecular formula is C13H28N2O2. The van der Waals surface area contributed by atoms with Gasteiger partial charge in [-0.05, 0) is 27.7 Å². The molecule has 1 fully saturated rings. The number of ether oxygens (including phenoxy) is 1. The highest BCUT2D eigenvalue weighted by molar-refractivity contribution is 4.82. The Morgan fingerprint density at radius 2 is 1.76 bits per heavy atom. The summed E-state index contributed by atoms with van der Waals surface area (Å²) >= 11 is 0. The van der Waals surface area contributed by atoms with Gasteiger partial charge in [-0.15, -0.1) is 0 Å². The molecule has 0 amide bonds. The van der Waals surface area contributed by atoms with E-state index in [-0.39, 0.29) is 11.6 Å². The molecule has 1 saturated heterocycles. The standard InChI is InChI=1S/C13H28N2O2/c1-5-17-11-12(16)10-14-6-8-15(9-7-14)13(2,3)4/h12,16H,5-11H2,1-4H3. The predicted molar refractivity (Wildman–Crippen MR) is 70.3 cm³/mol. The fraction of sp³-hybridized carbons (Fsp3) is 1.00. The van der Waals surface area contributed by atoms with Gasteiger partial charge in [0.1, 0.15) is 0 Å². The number of β-amino-alcohol motifs (C(OH)–C–C–N with tert-alkyl or cyclic N) is 1. The van der Waals surface area contributed by atoms with Crippen LogP contribution in [-0.4, -0.2) is 72.5 Å². The Balaban J connectivity index is 2.23. The first-order chi connectivity index (χ1) is 7.93. The van der Waals surface area contributed by atoms with Crippen molar-refractivity contribution in [1.82, 2.24) is 9.80 Å². The van der Waals surface area contributed by atoms with Crippen LogP contribution in [0.3, 0.4) is 0 Å². The van der Waals surface area contributed by atoms with Crippen LogP contribution >= 0.6 is 0 Å². The van der Waals surface area contributed by atoms with E-state index in [1.54, 1.807) is 0 Å². The number of nitrogens with zero attached hydrogens (tertiary/aromatic N) is 2. The molecular weight excluding hydrogens is 216 g/mol. The SMILES string of the molecule is CCOCC(O)CN1CCN(C(C)(C)C)CC1. The van der Waals surface area contributed by atoms with E-state index < -0.39 is 0 Å². The van der Waals surface area contributed by atoms with Gasteiger partial charge in [0.15, 0.2) is 0 Å². The molecule has 1 atom stereocenters.